The molecule has 0 aromatic heterocycles. The Morgan fingerprint density at radius 1 is 1.21 bits per heavy atom. The molecule has 98 valence electrons. The van der Waals surface area contributed by atoms with Crippen LogP contribution in [0.1, 0.15) is 17.2 Å². The number of rotatable bonds is 4. The van der Waals surface area contributed by atoms with Gasteiger partial charge in [-0.2, -0.15) is 0 Å². The molecule has 0 bridgehead atoms. The highest BCUT2D eigenvalue weighted by molar-refractivity contribution is 6.30. The summed E-state index contributed by atoms with van der Waals surface area (Å²) in [4.78, 5) is 10.7. The van der Waals surface area contributed by atoms with Gasteiger partial charge in [-0.25, -0.2) is 5.01 Å². The summed E-state index contributed by atoms with van der Waals surface area (Å²) in [5, 5.41) is 14.9. The van der Waals surface area contributed by atoms with Crippen LogP contribution in [-0.2, 0) is 0 Å². The standard InChI is InChI=1S/C14H13ClN2O2/c1-17(16-19)13-8-7-11(15)9-12(13)14(18)10-5-3-2-4-6-10/h2-9,14,18H,1H3. The quantitative estimate of drug-likeness (QED) is 0.686. The smallest absolute Gasteiger partial charge is 0.106 e. The van der Waals surface area contributed by atoms with Crippen molar-refractivity contribution >= 4 is 17.3 Å². The first-order valence-corrected chi connectivity index (χ1v) is 6.10. The van der Waals surface area contributed by atoms with Crippen molar-refractivity contribution in [1.29, 1.82) is 0 Å². The van der Waals surface area contributed by atoms with Gasteiger partial charge in [-0.05, 0) is 23.8 Å². The van der Waals surface area contributed by atoms with E-state index in [4.69, 9.17) is 11.6 Å². The molecule has 0 saturated heterocycles. The van der Waals surface area contributed by atoms with Gasteiger partial charge in [0.25, 0.3) is 0 Å². The highest BCUT2D eigenvalue weighted by atomic mass is 35.5. The molecular weight excluding hydrogens is 264 g/mol. The lowest BCUT2D eigenvalue weighted by Crippen LogP contribution is -2.12. The number of aliphatic hydroxyl groups is 1. The van der Waals surface area contributed by atoms with Crippen LogP contribution in [0, 0.1) is 4.91 Å². The van der Waals surface area contributed by atoms with Crippen LogP contribution in [0.4, 0.5) is 5.69 Å². The minimum atomic E-state index is -0.862. The van der Waals surface area contributed by atoms with Gasteiger partial charge >= 0.3 is 0 Å². The molecular formula is C14H13ClN2O2. The van der Waals surface area contributed by atoms with E-state index in [0.717, 1.165) is 10.6 Å². The topological polar surface area (TPSA) is 52.9 Å². The Bertz CT molecular complexity index is 575. The number of halogens is 1. The van der Waals surface area contributed by atoms with E-state index in [1.54, 1.807) is 18.2 Å². The second-order valence-corrected chi connectivity index (χ2v) is 4.56. The molecule has 19 heavy (non-hydrogen) atoms. The number of nitrogens with zero attached hydrogens (tertiary/aromatic N) is 2. The van der Waals surface area contributed by atoms with Crippen LogP contribution in [0.25, 0.3) is 0 Å². The molecule has 1 atom stereocenters. The first kappa shape index (κ1) is 13.5. The molecule has 1 unspecified atom stereocenters. The molecule has 0 aliphatic rings. The number of hydrogen-bond donors (Lipinski definition) is 1. The lowest BCUT2D eigenvalue weighted by atomic mass is 10.00. The number of aliphatic hydroxyl groups excluding tert-OH is 1. The molecule has 0 heterocycles. The number of anilines is 1. The Morgan fingerprint density at radius 3 is 2.53 bits per heavy atom. The molecule has 0 saturated carbocycles. The first-order valence-electron chi connectivity index (χ1n) is 5.73. The molecule has 2 aromatic rings. The molecule has 0 spiro atoms. The molecule has 1 N–H and O–H groups in total. The molecule has 4 nitrogen and oxygen atoms in total. The van der Waals surface area contributed by atoms with Gasteiger partial charge in [0.2, 0.25) is 0 Å². The zero-order valence-electron chi connectivity index (χ0n) is 10.3. The van der Waals surface area contributed by atoms with Crippen molar-refractivity contribution in [2.75, 3.05) is 12.1 Å². The van der Waals surface area contributed by atoms with Crippen LogP contribution in [0.15, 0.2) is 53.8 Å². The summed E-state index contributed by atoms with van der Waals surface area (Å²) >= 11 is 5.96. The summed E-state index contributed by atoms with van der Waals surface area (Å²) in [6, 6.07) is 14.1. The predicted molar refractivity (Wildman–Crippen MR) is 76.2 cm³/mol. The van der Waals surface area contributed by atoms with E-state index in [0.29, 0.717) is 16.3 Å². The molecule has 0 aliphatic heterocycles. The molecule has 2 rings (SSSR count). The van der Waals surface area contributed by atoms with Crippen molar-refractivity contribution in [2.24, 2.45) is 5.29 Å². The third kappa shape index (κ3) is 2.92. The maximum Gasteiger partial charge on any atom is 0.106 e. The monoisotopic (exact) mass is 276 g/mol. The zero-order valence-corrected chi connectivity index (χ0v) is 11.1. The normalized spacial score (nSPS) is 11.9. The van der Waals surface area contributed by atoms with E-state index < -0.39 is 6.10 Å². The van der Waals surface area contributed by atoms with E-state index in [1.165, 1.54) is 7.05 Å². The van der Waals surface area contributed by atoms with Crippen molar-refractivity contribution in [3.8, 4) is 0 Å². The van der Waals surface area contributed by atoms with Gasteiger partial charge in [0.15, 0.2) is 0 Å². The fraction of sp³-hybridized carbons (Fsp3) is 0.143. The van der Waals surface area contributed by atoms with Gasteiger partial charge in [-0.1, -0.05) is 41.9 Å². The van der Waals surface area contributed by atoms with E-state index >= 15 is 0 Å². The number of nitroso groups, excluding NO2 is 1. The van der Waals surface area contributed by atoms with Crippen LogP contribution in [0.5, 0.6) is 0 Å². The highest BCUT2D eigenvalue weighted by Crippen LogP contribution is 2.32. The van der Waals surface area contributed by atoms with E-state index in [9.17, 15) is 10.0 Å². The van der Waals surface area contributed by atoms with E-state index in [-0.39, 0.29) is 0 Å². The second-order valence-electron chi connectivity index (χ2n) is 4.12. The summed E-state index contributed by atoms with van der Waals surface area (Å²) < 4.78 is 0. The lowest BCUT2D eigenvalue weighted by molar-refractivity contribution is 0.220. The van der Waals surface area contributed by atoms with Gasteiger partial charge in [-0.15, -0.1) is 4.91 Å². The Labute approximate surface area is 116 Å². The highest BCUT2D eigenvalue weighted by Gasteiger charge is 2.17. The van der Waals surface area contributed by atoms with Crippen LogP contribution < -0.4 is 5.01 Å². The largest absolute Gasteiger partial charge is 0.384 e. The summed E-state index contributed by atoms with van der Waals surface area (Å²) in [6.45, 7) is 0. The van der Waals surface area contributed by atoms with Gasteiger partial charge in [0.1, 0.15) is 6.10 Å². The Kier molecular flexibility index (Phi) is 4.14. The van der Waals surface area contributed by atoms with Crippen molar-refractivity contribution in [2.45, 2.75) is 6.10 Å². The Balaban J connectivity index is 2.48. The maximum atomic E-state index is 10.7. The molecule has 0 radical (unpaired) electrons. The fourth-order valence-electron chi connectivity index (χ4n) is 1.90. The SMILES string of the molecule is CN(N=O)c1ccc(Cl)cc1C(O)c1ccccc1. The Morgan fingerprint density at radius 2 is 1.89 bits per heavy atom. The third-order valence-electron chi connectivity index (χ3n) is 2.87. The zero-order chi connectivity index (χ0) is 13.8. The van der Waals surface area contributed by atoms with Crippen LogP contribution in [0.3, 0.4) is 0 Å². The van der Waals surface area contributed by atoms with Crippen LogP contribution >= 0.6 is 11.6 Å². The molecule has 5 heteroatoms. The number of hydrogen-bond acceptors (Lipinski definition) is 3. The van der Waals surface area contributed by atoms with Crippen LogP contribution in [0.2, 0.25) is 5.02 Å². The predicted octanol–water partition coefficient (Wildman–Crippen LogP) is 3.54. The fourth-order valence-corrected chi connectivity index (χ4v) is 2.08. The minimum absolute atomic E-state index is 0.494. The summed E-state index contributed by atoms with van der Waals surface area (Å²) in [6.07, 6.45) is -0.862. The van der Waals surface area contributed by atoms with Gasteiger partial charge in [0, 0.05) is 17.6 Å². The van der Waals surface area contributed by atoms with E-state index in [2.05, 4.69) is 5.29 Å². The van der Waals surface area contributed by atoms with Crippen molar-refractivity contribution < 1.29 is 5.11 Å². The third-order valence-corrected chi connectivity index (χ3v) is 3.11. The Hall–Kier alpha value is -1.91. The first-order chi connectivity index (χ1) is 9.13. The summed E-state index contributed by atoms with van der Waals surface area (Å²) in [7, 11) is 1.53. The maximum absolute atomic E-state index is 10.7. The van der Waals surface area contributed by atoms with Gasteiger partial charge in [-0.3, -0.25) is 0 Å². The molecule has 0 aliphatic carbocycles. The van der Waals surface area contributed by atoms with Crippen molar-refractivity contribution in [3.63, 3.8) is 0 Å². The van der Waals surface area contributed by atoms with Gasteiger partial charge < -0.3 is 5.11 Å². The number of benzene rings is 2. The average molecular weight is 277 g/mol. The molecule has 0 fully saturated rings. The van der Waals surface area contributed by atoms with Crippen LogP contribution in [-0.4, -0.2) is 12.2 Å². The second kappa shape index (κ2) is 5.82. The van der Waals surface area contributed by atoms with Gasteiger partial charge in [0.05, 0.1) is 11.0 Å². The summed E-state index contributed by atoms with van der Waals surface area (Å²) in [5.74, 6) is 0. The molecule has 2 aromatic carbocycles. The minimum Gasteiger partial charge on any atom is -0.384 e. The lowest BCUT2D eigenvalue weighted by Gasteiger charge is -2.19. The van der Waals surface area contributed by atoms with E-state index in [1.807, 2.05) is 30.3 Å². The van der Waals surface area contributed by atoms with Crippen molar-refractivity contribution in [1.82, 2.24) is 0 Å². The summed E-state index contributed by atoms with van der Waals surface area (Å²) in [5.41, 5.74) is 1.79. The average Bonchev–Trinajstić information content (AvgIpc) is 2.46. The molecule has 0 amide bonds. The van der Waals surface area contributed by atoms with Crippen molar-refractivity contribution in [3.05, 3.63) is 69.6 Å².